The fourth-order valence-electron chi connectivity index (χ4n) is 1.89. The van der Waals surface area contributed by atoms with Crippen LogP contribution in [0.15, 0.2) is 16.7 Å². The van der Waals surface area contributed by atoms with Gasteiger partial charge in [-0.25, -0.2) is 13.4 Å². The first-order valence-corrected chi connectivity index (χ1v) is 8.12. The molecule has 1 amide bonds. The first-order chi connectivity index (χ1) is 8.37. The molecule has 1 aromatic rings. The summed E-state index contributed by atoms with van der Waals surface area (Å²) < 4.78 is 23.4. The van der Waals surface area contributed by atoms with Gasteiger partial charge in [0.05, 0.1) is 17.4 Å². The number of pyridine rings is 1. The zero-order valence-corrected chi connectivity index (χ0v) is 12.2. The van der Waals surface area contributed by atoms with Crippen molar-refractivity contribution >= 4 is 37.5 Å². The van der Waals surface area contributed by atoms with Gasteiger partial charge in [0.25, 0.3) is 0 Å². The molecule has 1 saturated heterocycles. The predicted molar refractivity (Wildman–Crippen MR) is 72.1 cm³/mol. The van der Waals surface area contributed by atoms with Crippen LogP contribution in [0, 0.1) is 12.8 Å². The molecule has 98 valence electrons. The zero-order chi connectivity index (χ0) is 13.3. The summed E-state index contributed by atoms with van der Waals surface area (Å²) in [6.07, 6.45) is 1.98. The molecular weight excluding hydrogens is 320 g/mol. The van der Waals surface area contributed by atoms with Gasteiger partial charge in [0, 0.05) is 10.7 Å². The molecule has 0 spiro atoms. The number of nitrogens with one attached hydrogen (secondary N) is 1. The van der Waals surface area contributed by atoms with Crippen LogP contribution < -0.4 is 5.32 Å². The third-order valence-electron chi connectivity index (χ3n) is 2.89. The number of aryl methyl sites for hydroxylation is 1. The molecule has 1 fully saturated rings. The number of rotatable bonds is 2. The van der Waals surface area contributed by atoms with Crippen molar-refractivity contribution < 1.29 is 13.2 Å². The fraction of sp³-hybridized carbons (Fsp3) is 0.455. The Morgan fingerprint density at radius 1 is 1.56 bits per heavy atom. The maximum atomic E-state index is 11.9. The summed E-state index contributed by atoms with van der Waals surface area (Å²) in [7, 11) is -3.04. The van der Waals surface area contributed by atoms with E-state index in [9.17, 15) is 13.2 Å². The van der Waals surface area contributed by atoms with Crippen molar-refractivity contribution in [3.8, 4) is 0 Å². The molecule has 18 heavy (non-hydrogen) atoms. The van der Waals surface area contributed by atoms with Gasteiger partial charge in [-0.05, 0) is 40.9 Å². The Morgan fingerprint density at radius 2 is 2.28 bits per heavy atom. The van der Waals surface area contributed by atoms with E-state index in [0.717, 1.165) is 10.0 Å². The number of carbonyl (C=O) groups is 1. The van der Waals surface area contributed by atoms with E-state index in [1.54, 1.807) is 6.20 Å². The predicted octanol–water partition coefficient (Wildman–Crippen LogP) is 1.53. The second-order valence-corrected chi connectivity index (χ2v) is 7.55. The summed E-state index contributed by atoms with van der Waals surface area (Å²) in [4.78, 5) is 16.0. The van der Waals surface area contributed by atoms with Gasteiger partial charge in [-0.2, -0.15) is 0 Å². The average Bonchev–Trinajstić information content (AvgIpc) is 2.63. The van der Waals surface area contributed by atoms with E-state index >= 15 is 0 Å². The van der Waals surface area contributed by atoms with Crippen molar-refractivity contribution in [2.45, 2.75) is 13.3 Å². The summed E-state index contributed by atoms with van der Waals surface area (Å²) in [5, 5.41) is 2.68. The van der Waals surface area contributed by atoms with Crippen LogP contribution in [0.4, 0.5) is 5.82 Å². The molecule has 0 unspecified atom stereocenters. The van der Waals surface area contributed by atoms with E-state index < -0.39 is 15.8 Å². The summed E-state index contributed by atoms with van der Waals surface area (Å²) in [6.45, 7) is 1.83. The highest BCUT2D eigenvalue weighted by atomic mass is 79.9. The quantitative estimate of drug-likeness (QED) is 0.890. The molecule has 1 aromatic heterocycles. The van der Waals surface area contributed by atoms with Crippen LogP contribution >= 0.6 is 15.9 Å². The molecule has 1 aliphatic rings. The summed E-state index contributed by atoms with van der Waals surface area (Å²) in [5.74, 6) is -0.215. The Morgan fingerprint density at radius 3 is 2.83 bits per heavy atom. The lowest BCUT2D eigenvalue weighted by Crippen LogP contribution is -2.24. The molecule has 1 aliphatic heterocycles. The van der Waals surface area contributed by atoms with Crippen LogP contribution in [-0.4, -0.2) is 30.8 Å². The topological polar surface area (TPSA) is 76.1 Å². The SMILES string of the molecule is Cc1cc(Br)cnc1NC(=O)[C@H]1CCS(=O)(=O)C1. The third kappa shape index (κ3) is 3.08. The number of hydrogen-bond donors (Lipinski definition) is 1. The minimum Gasteiger partial charge on any atom is -0.310 e. The lowest BCUT2D eigenvalue weighted by atomic mass is 10.1. The minimum absolute atomic E-state index is 0.0611. The minimum atomic E-state index is -3.04. The fourth-order valence-corrected chi connectivity index (χ4v) is 4.08. The van der Waals surface area contributed by atoms with E-state index in [0.29, 0.717) is 12.2 Å². The van der Waals surface area contributed by atoms with Crippen molar-refractivity contribution in [3.63, 3.8) is 0 Å². The summed E-state index contributed by atoms with van der Waals surface area (Å²) >= 11 is 3.29. The van der Waals surface area contributed by atoms with Crippen molar-refractivity contribution in [2.24, 2.45) is 5.92 Å². The summed E-state index contributed by atoms with van der Waals surface area (Å²) in [6, 6.07) is 1.84. The van der Waals surface area contributed by atoms with Gasteiger partial charge in [0.15, 0.2) is 9.84 Å². The van der Waals surface area contributed by atoms with Gasteiger partial charge in [-0.15, -0.1) is 0 Å². The Bertz CT molecular complexity index is 586. The molecule has 1 N–H and O–H groups in total. The number of hydrogen-bond acceptors (Lipinski definition) is 4. The molecule has 2 heterocycles. The number of nitrogens with zero attached hydrogens (tertiary/aromatic N) is 1. The van der Waals surface area contributed by atoms with E-state index in [-0.39, 0.29) is 17.4 Å². The molecule has 0 saturated carbocycles. The number of anilines is 1. The zero-order valence-electron chi connectivity index (χ0n) is 9.81. The van der Waals surface area contributed by atoms with Gasteiger partial charge in [0.1, 0.15) is 5.82 Å². The second kappa shape index (κ2) is 4.97. The van der Waals surface area contributed by atoms with Crippen molar-refractivity contribution in [1.82, 2.24) is 4.98 Å². The van der Waals surface area contributed by atoms with Gasteiger partial charge in [0.2, 0.25) is 5.91 Å². The molecule has 0 bridgehead atoms. The maximum absolute atomic E-state index is 11.9. The monoisotopic (exact) mass is 332 g/mol. The van der Waals surface area contributed by atoms with Gasteiger partial charge in [-0.1, -0.05) is 0 Å². The van der Waals surface area contributed by atoms with Gasteiger partial charge >= 0.3 is 0 Å². The van der Waals surface area contributed by atoms with Crippen LogP contribution in [-0.2, 0) is 14.6 Å². The van der Waals surface area contributed by atoms with Crippen molar-refractivity contribution in [1.29, 1.82) is 0 Å². The van der Waals surface area contributed by atoms with Crippen LogP contribution in [0.2, 0.25) is 0 Å². The highest BCUT2D eigenvalue weighted by molar-refractivity contribution is 9.10. The molecule has 1 atom stereocenters. The number of amides is 1. The number of carbonyl (C=O) groups excluding carboxylic acids is 1. The van der Waals surface area contributed by atoms with Gasteiger partial charge < -0.3 is 5.32 Å². The maximum Gasteiger partial charge on any atom is 0.229 e. The van der Waals surface area contributed by atoms with Crippen molar-refractivity contribution in [2.75, 3.05) is 16.8 Å². The highest BCUT2D eigenvalue weighted by Crippen LogP contribution is 2.22. The highest BCUT2D eigenvalue weighted by Gasteiger charge is 2.33. The molecule has 0 aromatic carbocycles. The molecule has 7 heteroatoms. The Labute approximate surface area is 114 Å². The summed E-state index contributed by atoms with van der Waals surface area (Å²) in [5.41, 5.74) is 0.832. The largest absolute Gasteiger partial charge is 0.310 e. The van der Waals surface area contributed by atoms with Crippen LogP contribution in [0.5, 0.6) is 0 Å². The number of sulfone groups is 1. The number of halogens is 1. The normalized spacial score (nSPS) is 21.8. The van der Waals surface area contributed by atoms with Gasteiger partial charge in [-0.3, -0.25) is 4.79 Å². The third-order valence-corrected chi connectivity index (χ3v) is 5.09. The average molecular weight is 333 g/mol. The molecule has 0 aliphatic carbocycles. The molecule has 2 rings (SSSR count). The first kappa shape index (κ1) is 13.5. The van der Waals surface area contributed by atoms with E-state index in [1.165, 1.54) is 0 Å². The van der Waals surface area contributed by atoms with E-state index in [1.807, 2.05) is 13.0 Å². The van der Waals surface area contributed by atoms with Crippen LogP contribution in [0.1, 0.15) is 12.0 Å². The van der Waals surface area contributed by atoms with Crippen molar-refractivity contribution in [3.05, 3.63) is 22.3 Å². The van der Waals surface area contributed by atoms with Crippen LogP contribution in [0.3, 0.4) is 0 Å². The molecular formula is C11H13BrN2O3S. The lowest BCUT2D eigenvalue weighted by Gasteiger charge is -2.10. The Kier molecular flexibility index (Phi) is 3.72. The standard InChI is InChI=1S/C11H13BrN2O3S/c1-7-4-9(12)5-13-10(7)14-11(15)8-2-3-18(16,17)6-8/h4-5,8H,2-3,6H2,1H3,(H,13,14,15)/t8-/m0/s1. The van der Waals surface area contributed by atoms with E-state index in [2.05, 4.69) is 26.2 Å². The molecule has 0 radical (unpaired) electrons. The second-order valence-electron chi connectivity index (χ2n) is 4.41. The smallest absolute Gasteiger partial charge is 0.229 e. The number of aromatic nitrogens is 1. The Balaban J connectivity index is 2.08. The lowest BCUT2D eigenvalue weighted by molar-refractivity contribution is -0.119. The van der Waals surface area contributed by atoms with Crippen LogP contribution in [0.25, 0.3) is 0 Å². The first-order valence-electron chi connectivity index (χ1n) is 5.51. The van der Waals surface area contributed by atoms with E-state index in [4.69, 9.17) is 0 Å². The molecule has 5 nitrogen and oxygen atoms in total. The Hall–Kier alpha value is -0.950.